The number of nitrogens with zero attached hydrogens (tertiary/aromatic N) is 1. The van der Waals surface area contributed by atoms with Gasteiger partial charge in [-0.1, -0.05) is 35.3 Å². The van der Waals surface area contributed by atoms with Crippen molar-refractivity contribution in [3.63, 3.8) is 0 Å². The van der Waals surface area contributed by atoms with Crippen molar-refractivity contribution in [2.75, 3.05) is 11.9 Å². The van der Waals surface area contributed by atoms with Crippen LogP contribution >= 0.6 is 23.2 Å². The largest absolute Gasteiger partial charge is 0.480 e. The Bertz CT molecular complexity index is 1030. The number of carbonyl (C=O) groups excluding carboxylic acids is 1. The van der Waals surface area contributed by atoms with E-state index in [1.165, 1.54) is 24.3 Å². The van der Waals surface area contributed by atoms with E-state index < -0.39 is 19.1 Å². The number of fused-ring (bicyclic) bond motifs is 1. The lowest BCUT2D eigenvalue weighted by atomic mass is 10.2. The standard InChI is InChI=1S/C19H14Cl2F2N2O3/c1-10-6-7-11-12(20)8-13(21)18(17(11)24-10)27-9-16(26)25-14-4-2-3-5-15(14)28-19(22)23/h2-8,19H,9H2,1H3,(H,25,26). The maximum atomic E-state index is 12.5. The molecule has 0 aliphatic carbocycles. The molecule has 5 nitrogen and oxygen atoms in total. The van der Waals surface area contributed by atoms with Gasteiger partial charge in [-0.05, 0) is 37.3 Å². The quantitative estimate of drug-likeness (QED) is 0.567. The van der Waals surface area contributed by atoms with Gasteiger partial charge in [-0.3, -0.25) is 4.79 Å². The predicted octanol–water partition coefficient (Wildman–Crippen LogP) is 5.47. The highest BCUT2D eigenvalue weighted by atomic mass is 35.5. The number of hydrogen-bond acceptors (Lipinski definition) is 4. The van der Waals surface area contributed by atoms with E-state index in [0.29, 0.717) is 15.9 Å². The van der Waals surface area contributed by atoms with Crippen LogP contribution in [0, 0.1) is 6.92 Å². The van der Waals surface area contributed by atoms with Gasteiger partial charge in [-0.25, -0.2) is 4.98 Å². The lowest BCUT2D eigenvalue weighted by Gasteiger charge is -2.14. The number of anilines is 1. The van der Waals surface area contributed by atoms with Crippen molar-refractivity contribution in [1.29, 1.82) is 0 Å². The highest BCUT2D eigenvalue weighted by Gasteiger charge is 2.16. The van der Waals surface area contributed by atoms with Gasteiger partial charge >= 0.3 is 6.61 Å². The lowest BCUT2D eigenvalue weighted by molar-refractivity contribution is -0.118. The number of amides is 1. The summed E-state index contributed by atoms with van der Waals surface area (Å²) in [6.07, 6.45) is 0. The van der Waals surface area contributed by atoms with Gasteiger partial charge < -0.3 is 14.8 Å². The maximum Gasteiger partial charge on any atom is 0.387 e. The molecule has 9 heteroatoms. The molecule has 0 spiro atoms. The van der Waals surface area contributed by atoms with Gasteiger partial charge in [-0.2, -0.15) is 8.78 Å². The van der Waals surface area contributed by atoms with Crippen LogP contribution < -0.4 is 14.8 Å². The molecule has 0 saturated heterocycles. The second-order valence-electron chi connectivity index (χ2n) is 5.73. The number of ether oxygens (including phenoxy) is 2. The smallest absolute Gasteiger partial charge is 0.387 e. The van der Waals surface area contributed by atoms with E-state index in [0.717, 1.165) is 5.69 Å². The second-order valence-corrected chi connectivity index (χ2v) is 6.54. The zero-order chi connectivity index (χ0) is 20.3. The highest BCUT2D eigenvalue weighted by Crippen LogP contribution is 2.37. The number of rotatable bonds is 6. The van der Waals surface area contributed by atoms with Crippen LogP contribution in [0.5, 0.6) is 11.5 Å². The van der Waals surface area contributed by atoms with E-state index in [4.69, 9.17) is 27.9 Å². The van der Waals surface area contributed by atoms with E-state index in [9.17, 15) is 13.6 Å². The van der Waals surface area contributed by atoms with E-state index >= 15 is 0 Å². The zero-order valence-electron chi connectivity index (χ0n) is 14.5. The van der Waals surface area contributed by atoms with Gasteiger partial charge in [0.15, 0.2) is 12.4 Å². The number of aryl methyl sites for hydroxylation is 1. The molecule has 3 aromatic rings. The Morgan fingerprint density at radius 3 is 2.68 bits per heavy atom. The molecule has 0 bridgehead atoms. The molecule has 0 unspecified atom stereocenters. The first-order chi connectivity index (χ1) is 13.3. The summed E-state index contributed by atoms with van der Waals surface area (Å²) in [6, 6.07) is 10.9. The van der Waals surface area contributed by atoms with Crippen LogP contribution in [0.1, 0.15) is 5.69 Å². The SMILES string of the molecule is Cc1ccc2c(Cl)cc(Cl)c(OCC(=O)Nc3ccccc3OC(F)F)c2n1. The average molecular weight is 427 g/mol. The predicted molar refractivity (Wildman–Crippen MR) is 104 cm³/mol. The molecule has 0 aliphatic rings. The van der Waals surface area contributed by atoms with Crippen molar-refractivity contribution in [1.82, 2.24) is 4.98 Å². The van der Waals surface area contributed by atoms with Crippen molar-refractivity contribution in [2.24, 2.45) is 0 Å². The number of hydrogen-bond donors (Lipinski definition) is 1. The summed E-state index contributed by atoms with van der Waals surface area (Å²) in [5.41, 5.74) is 1.24. The number of benzene rings is 2. The molecular weight excluding hydrogens is 413 g/mol. The Morgan fingerprint density at radius 1 is 1.18 bits per heavy atom. The van der Waals surface area contributed by atoms with Gasteiger partial charge in [0.1, 0.15) is 11.3 Å². The van der Waals surface area contributed by atoms with Gasteiger partial charge in [0.25, 0.3) is 5.91 Å². The summed E-state index contributed by atoms with van der Waals surface area (Å²) >= 11 is 12.4. The molecule has 2 aromatic carbocycles. The van der Waals surface area contributed by atoms with Gasteiger partial charge in [0, 0.05) is 11.1 Å². The molecule has 1 heterocycles. The van der Waals surface area contributed by atoms with Crippen molar-refractivity contribution in [3.05, 3.63) is 58.2 Å². The minimum atomic E-state index is -3.01. The fraction of sp³-hybridized carbons (Fsp3) is 0.158. The first-order valence-corrected chi connectivity index (χ1v) is 8.82. The molecule has 0 aliphatic heterocycles. The van der Waals surface area contributed by atoms with Crippen molar-refractivity contribution in [3.8, 4) is 11.5 Å². The van der Waals surface area contributed by atoms with Gasteiger partial charge in [0.05, 0.1) is 15.7 Å². The van der Waals surface area contributed by atoms with E-state index in [1.807, 2.05) is 0 Å². The molecule has 1 N–H and O–H groups in total. The molecule has 0 radical (unpaired) electrons. The zero-order valence-corrected chi connectivity index (χ0v) is 16.0. The van der Waals surface area contributed by atoms with Gasteiger partial charge in [-0.15, -0.1) is 0 Å². The topological polar surface area (TPSA) is 60.5 Å². The maximum absolute atomic E-state index is 12.5. The summed E-state index contributed by atoms with van der Waals surface area (Å²) in [6.45, 7) is -1.64. The minimum absolute atomic E-state index is 0.0948. The van der Waals surface area contributed by atoms with E-state index in [2.05, 4.69) is 15.0 Å². The van der Waals surface area contributed by atoms with Crippen LogP contribution in [0.2, 0.25) is 10.0 Å². The highest BCUT2D eigenvalue weighted by molar-refractivity contribution is 6.39. The molecule has 1 aromatic heterocycles. The third-order valence-corrected chi connectivity index (χ3v) is 4.30. The van der Waals surface area contributed by atoms with Crippen LogP contribution in [0.25, 0.3) is 10.9 Å². The summed E-state index contributed by atoms with van der Waals surface area (Å²) < 4.78 is 34.9. The third kappa shape index (κ3) is 4.61. The number of nitrogens with one attached hydrogen (secondary N) is 1. The Morgan fingerprint density at radius 2 is 1.93 bits per heavy atom. The second kappa shape index (κ2) is 8.58. The first kappa shape index (κ1) is 20.1. The molecule has 146 valence electrons. The fourth-order valence-corrected chi connectivity index (χ4v) is 3.09. The van der Waals surface area contributed by atoms with Crippen LogP contribution in [-0.2, 0) is 4.79 Å². The number of halogens is 4. The number of para-hydroxylation sites is 2. The minimum Gasteiger partial charge on any atom is -0.480 e. The monoisotopic (exact) mass is 426 g/mol. The van der Waals surface area contributed by atoms with Crippen LogP contribution in [0.15, 0.2) is 42.5 Å². The fourth-order valence-electron chi connectivity index (χ4n) is 2.52. The van der Waals surface area contributed by atoms with E-state index in [1.54, 1.807) is 25.1 Å². The van der Waals surface area contributed by atoms with Gasteiger partial charge in [0.2, 0.25) is 0 Å². The Kier molecular flexibility index (Phi) is 6.16. The Labute approximate surface area is 169 Å². The molecule has 28 heavy (non-hydrogen) atoms. The van der Waals surface area contributed by atoms with E-state index in [-0.39, 0.29) is 22.2 Å². The average Bonchev–Trinajstić information content (AvgIpc) is 2.62. The van der Waals surface area contributed by atoms with Crippen molar-refractivity contribution < 1.29 is 23.0 Å². The summed E-state index contributed by atoms with van der Waals surface area (Å²) in [7, 11) is 0. The number of carbonyl (C=O) groups is 1. The molecular formula is C19H14Cl2F2N2O3. The van der Waals surface area contributed by atoms with Crippen LogP contribution in [-0.4, -0.2) is 24.1 Å². The first-order valence-electron chi connectivity index (χ1n) is 8.07. The Hall–Kier alpha value is -2.64. The van der Waals surface area contributed by atoms with Crippen molar-refractivity contribution >= 4 is 45.7 Å². The number of alkyl halides is 2. The van der Waals surface area contributed by atoms with Crippen molar-refractivity contribution in [2.45, 2.75) is 13.5 Å². The molecule has 0 fully saturated rings. The molecule has 0 atom stereocenters. The number of pyridine rings is 1. The molecule has 1 amide bonds. The summed E-state index contributed by atoms with van der Waals surface area (Å²) in [5, 5.41) is 3.70. The normalized spacial score (nSPS) is 10.9. The number of aromatic nitrogens is 1. The summed E-state index contributed by atoms with van der Waals surface area (Å²) in [4.78, 5) is 16.6. The lowest BCUT2D eigenvalue weighted by Crippen LogP contribution is -2.21. The molecule has 3 rings (SSSR count). The Balaban J connectivity index is 1.78. The third-order valence-electron chi connectivity index (χ3n) is 3.70. The summed E-state index contributed by atoms with van der Waals surface area (Å²) in [5.74, 6) is -0.535. The van der Waals surface area contributed by atoms with Crippen LogP contribution in [0.4, 0.5) is 14.5 Å². The molecule has 0 saturated carbocycles. The van der Waals surface area contributed by atoms with Crippen LogP contribution in [0.3, 0.4) is 0 Å².